The second-order valence-electron chi connectivity index (χ2n) is 7.06. The van der Waals surface area contributed by atoms with Gasteiger partial charge in [-0.3, -0.25) is 14.5 Å². The van der Waals surface area contributed by atoms with Crippen molar-refractivity contribution < 1.29 is 9.59 Å². The molecule has 2 aromatic carbocycles. The largest absolute Gasteiger partial charge is 0.355 e. The molecule has 1 atom stereocenters. The van der Waals surface area contributed by atoms with Gasteiger partial charge in [-0.15, -0.1) is 0 Å². The minimum Gasteiger partial charge on any atom is -0.355 e. The molecule has 1 unspecified atom stereocenters. The van der Waals surface area contributed by atoms with E-state index >= 15 is 0 Å². The van der Waals surface area contributed by atoms with Gasteiger partial charge in [0.25, 0.3) is 5.91 Å². The van der Waals surface area contributed by atoms with Crippen molar-refractivity contribution in [1.82, 2.24) is 15.5 Å². The van der Waals surface area contributed by atoms with Gasteiger partial charge in [0.2, 0.25) is 5.91 Å². The molecule has 2 N–H and O–H groups in total. The van der Waals surface area contributed by atoms with Crippen LogP contribution in [0.1, 0.15) is 34.3 Å². The predicted octanol–water partition coefficient (Wildman–Crippen LogP) is 2.57. The minimum absolute atomic E-state index is 0.0181. The van der Waals surface area contributed by atoms with Gasteiger partial charge in [-0.1, -0.05) is 42.5 Å². The van der Waals surface area contributed by atoms with Gasteiger partial charge in [0, 0.05) is 32.2 Å². The first-order valence-electron chi connectivity index (χ1n) is 9.50. The SMILES string of the molecule is CNC(=O)c1cccc(CNC(=O)C2CCCN(Cc3ccccc3)C2)c1. The summed E-state index contributed by atoms with van der Waals surface area (Å²) >= 11 is 0. The summed E-state index contributed by atoms with van der Waals surface area (Å²) in [6, 6.07) is 17.7. The maximum absolute atomic E-state index is 12.6. The Labute approximate surface area is 160 Å². The molecule has 1 aliphatic heterocycles. The second-order valence-corrected chi connectivity index (χ2v) is 7.06. The Balaban J connectivity index is 1.52. The Morgan fingerprint density at radius 1 is 1.07 bits per heavy atom. The van der Waals surface area contributed by atoms with Gasteiger partial charge in [-0.05, 0) is 42.6 Å². The molecule has 0 aromatic heterocycles. The van der Waals surface area contributed by atoms with Crippen molar-refractivity contribution in [2.24, 2.45) is 5.92 Å². The standard InChI is InChI=1S/C22H27N3O2/c1-23-21(26)19-10-5-9-18(13-19)14-24-22(27)20-11-6-12-25(16-20)15-17-7-3-2-4-8-17/h2-5,7-10,13,20H,6,11-12,14-16H2,1H3,(H,23,26)(H,24,27). The molecule has 0 bridgehead atoms. The number of nitrogens with zero attached hydrogens (tertiary/aromatic N) is 1. The highest BCUT2D eigenvalue weighted by Crippen LogP contribution is 2.19. The molecule has 2 aromatic rings. The number of amides is 2. The summed E-state index contributed by atoms with van der Waals surface area (Å²) in [7, 11) is 1.61. The maximum atomic E-state index is 12.6. The van der Waals surface area contributed by atoms with Crippen molar-refractivity contribution in [3.63, 3.8) is 0 Å². The Morgan fingerprint density at radius 2 is 1.85 bits per heavy atom. The molecule has 5 heteroatoms. The molecule has 1 saturated heterocycles. The zero-order chi connectivity index (χ0) is 19.1. The molecule has 3 rings (SSSR count). The first kappa shape index (κ1) is 19.1. The zero-order valence-corrected chi connectivity index (χ0v) is 15.8. The number of rotatable bonds is 6. The van der Waals surface area contributed by atoms with E-state index in [0.717, 1.165) is 38.0 Å². The van der Waals surface area contributed by atoms with E-state index in [9.17, 15) is 9.59 Å². The number of likely N-dealkylation sites (tertiary alicyclic amines) is 1. The highest BCUT2D eigenvalue weighted by molar-refractivity contribution is 5.94. The van der Waals surface area contributed by atoms with Gasteiger partial charge in [0.1, 0.15) is 0 Å². The van der Waals surface area contributed by atoms with Gasteiger partial charge < -0.3 is 10.6 Å². The Bertz CT molecular complexity index is 776. The summed E-state index contributed by atoms with van der Waals surface area (Å²) in [6.45, 7) is 3.16. The Hall–Kier alpha value is -2.66. The Morgan fingerprint density at radius 3 is 2.63 bits per heavy atom. The fourth-order valence-electron chi connectivity index (χ4n) is 3.56. The molecule has 0 saturated carbocycles. The highest BCUT2D eigenvalue weighted by Gasteiger charge is 2.25. The quantitative estimate of drug-likeness (QED) is 0.827. The van der Waals surface area contributed by atoms with Crippen LogP contribution in [0, 0.1) is 5.92 Å². The lowest BCUT2D eigenvalue weighted by Gasteiger charge is -2.32. The van der Waals surface area contributed by atoms with Crippen molar-refractivity contribution >= 4 is 11.8 Å². The van der Waals surface area contributed by atoms with E-state index in [-0.39, 0.29) is 17.7 Å². The van der Waals surface area contributed by atoms with E-state index in [1.165, 1.54) is 5.56 Å². The van der Waals surface area contributed by atoms with Gasteiger partial charge in [-0.2, -0.15) is 0 Å². The van der Waals surface area contributed by atoms with Crippen LogP contribution in [-0.2, 0) is 17.9 Å². The summed E-state index contributed by atoms with van der Waals surface area (Å²) in [5.41, 5.74) is 2.82. The molecular formula is C22H27N3O2. The number of hydrogen-bond acceptors (Lipinski definition) is 3. The third-order valence-electron chi connectivity index (χ3n) is 5.01. The summed E-state index contributed by atoms with van der Waals surface area (Å²) in [5, 5.41) is 5.66. The van der Waals surface area contributed by atoms with E-state index in [1.807, 2.05) is 24.3 Å². The minimum atomic E-state index is -0.119. The summed E-state index contributed by atoms with van der Waals surface area (Å²) in [4.78, 5) is 26.7. The number of carbonyl (C=O) groups excluding carboxylic acids is 2. The molecular weight excluding hydrogens is 338 g/mol. The number of piperidine rings is 1. The molecule has 142 valence electrons. The maximum Gasteiger partial charge on any atom is 0.251 e. The topological polar surface area (TPSA) is 61.4 Å². The average Bonchev–Trinajstić information content (AvgIpc) is 2.72. The van der Waals surface area contributed by atoms with Crippen molar-refractivity contribution in [3.8, 4) is 0 Å². The molecule has 5 nitrogen and oxygen atoms in total. The van der Waals surface area contributed by atoms with E-state index < -0.39 is 0 Å². The van der Waals surface area contributed by atoms with Crippen LogP contribution in [0.3, 0.4) is 0 Å². The van der Waals surface area contributed by atoms with Crippen LogP contribution >= 0.6 is 0 Å². The monoisotopic (exact) mass is 365 g/mol. The van der Waals surface area contributed by atoms with E-state index in [1.54, 1.807) is 13.1 Å². The fourth-order valence-corrected chi connectivity index (χ4v) is 3.56. The highest BCUT2D eigenvalue weighted by atomic mass is 16.2. The Kier molecular flexibility index (Phi) is 6.60. The predicted molar refractivity (Wildman–Crippen MR) is 106 cm³/mol. The molecule has 2 amide bonds. The van der Waals surface area contributed by atoms with Crippen LogP contribution in [0.25, 0.3) is 0 Å². The van der Waals surface area contributed by atoms with Crippen molar-refractivity contribution in [3.05, 3.63) is 71.3 Å². The lowest BCUT2D eigenvalue weighted by molar-refractivity contribution is -0.126. The van der Waals surface area contributed by atoms with E-state index in [4.69, 9.17) is 0 Å². The molecule has 0 radical (unpaired) electrons. The summed E-state index contributed by atoms with van der Waals surface area (Å²) < 4.78 is 0. The first-order chi connectivity index (χ1) is 13.2. The van der Waals surface area contributed by atoms with Gasteiger partial charge in [-0.25, -0.2) is 0 Å². The number of nitrogens with one attached hydrogen (secondary N) is 2. The summed E-state index contributed by atoms with van der Waals surface area (Å²) in [6.07, 6.45) is 1.96. The third-order valence-corrected chi connectivity index (χ3v) is 5.01. The number of hydrogen-bond donors (Lipinski definition) is 2. The van der Waals surface area contributed by atoms with E-state index in [0.29, 0.717) is 12.1 Å². The number of benzene rings is 2. The average molecular weight is 365 g/mol. The second kappa shape index (κ2) is 9.33. The molecule has 27 heavy (non-hydrogen) atoms. The van der Waals surface area contributed by atoms with Crippen molar-refractivity contribution in [1.29, 1.82) is 0 Å². The molecule has 1 aliphatic rings. The van der Waals surface area contributed by atoms with Crippen molar-refractivity contribution in [2.75, 3.05) is 20.1 Å². The van der Waals surface area contributed by atoms with Crippen LogP contribution in [0.5, 0.6) is 0 Å². The first-order valence-corrected chi connectivity index (χ1v) is 9.50. The van der Waals surface area contributed by atoms with Gasteiger partial charge in [0.05, 0.1) is 5.92 Å². The lowest BCUT2D eigenvalue weighted by Crippen LogP contribution is -2.42. The lowest BCUT2D eigenvalue weighted by atomic mass is 9.96. The van der Waals surface area contributed by atoms with Crippen molar-refractivity contribution in [2.45, 2.75) is 25.9 Å². The smallest absolute Gasteiger partial charge is 0.251 e. The van der Waals surface area contributed by atoms with E-state index in [2.05, 4.69) is 39.8 Å². The van der Waals surface area contributed by atoms with Crippen LogP contribution in [0.15, 0.2) is 54.6 Å². The number of carbonyl (C=O) groups is 2. The molecule has 0 spiro atoms. The fraction of sp³-hybridized carbons (Fsp3) is 0.364. The van der Waals surface area contributed by atoms with Crippen LogP contribution in [0.2, 0.25) is 0 Å². The summed E-state index contributed by atoms with van der Waals surface area (Å²) in [5.74, 6) is -0.00490. The molecule has 1 heterocycles. The van der Waals surface area contributed by atoms with Crippen LogP contribution in [0.4, 0.5) is 0 Å². The van der Waals surface area contributed by atoms with Crippen LogP contribution < -0.4 is 10.6 Å². The normalized spacial score (nSPS) is 17.3. The van der Waals surface area contributed by atoms with Gasteiger partial charge >= 0.3 is 0 Å². The zero-order valence-electron chi connectivity index (χ0n) is 15.8. The van der Waals surface area contributed by atoms with Gasteiger partial charge in [0.15, 0.2) is 0 Å². The van der Waals surface area contributed by atoms with Crippen LogP contribution in [-0.4, -0.2) is 36.9 Å². The molecule has 1 fully saturated rings. The molecule has 0 aliphatic carbocycles. The third kappa shape index (κ3) is 5.41.